The van der Waals surface area contributed by atoms with Crippen LogP contribution in [-0.4, -0.2) is 35.6 Å². The third-order valence-corrected chi connectivity index (χ3v) is 6.15. The predicted molar refractivity (Wildman–Crippen MR) is 126 cm³/mol. The van der Waals surface area contributed by atoms with Crippen LogP contribution < -0.4 is 5.32 Å². The molecule has 1 fully saturated rings. The second-order valence-electron chi connectivity index (χ2n) is 8.33. The van der Waals surface area contributed by atoms with Crippen LogP contribution in [0.2, 0.25) is 0 Å². The molecule has 33 heavy (non-hydrogen) atoms. The second kappa shape index (κ2) is 9.93. The van der Waals surface area contributed by atoms with Gasteiger partial charge in [-0.1, -0.05) is 60.4 Å². The van der Waals surface area contributed by atoms with E-state index in [0.29, 0.717) is 19.6 Å². The SMILES string of the molecule is O=C(NCCC#Cc1cnn([C@@H]2CCCCO2)c1)OCC1c2ccccc2-c2ccccc21. The van der Waals surface area contributed by atoms with E-state index in [9.17, 15) is 4.79 Å². The zero-order chi connectivity index (χ0) is 22.5. The number of carbonyl (C=O) groups excluding carboxylic acids is 1. The fraction of sp³-hybridized carbons (Fsp3) is 0.333. The number of nitrogens with zero attached hydrogens (tertiary/aromatic N) is 2. The van der Waals surface area contributed by atoms with Crippen molar-refractivity contribution in [2.24, 2.45) is 0 Å². The molecule has 2 aromatic carbocycles. The molecule has 6 heteroatoms. The number of benzene rings is 2. The Labute approximate surface area is 193 Å². The van der Waals surface area contributed by atoms with Crippen molar-refractivity contribution in [3.8, 4) is 23.0 Å². The summed E-state index contributed by atoms with van der Waals surface area (Å²) in [6.45, 7) is 1.53. The molecular formula is C27H27N3O3. The molecule has 1 saturated heterocycles. The zero-order valence-electron chi connectivity index (χ0n) is 18.5. The number of ether oxygens (including phenoxy) is 2. The smallest absolute Gasteiger partial charge is 0.407 e. The van der Waals surface area contributed by atoms with Crippen LogP contribution >= 0.6 is 0 Å². The molecule has 2 heterocycles. The average Bonchev–Trinajstić information content (AvgIpc) is 3.46. The highest BCUT2D eigenvalue weighted by atomic mass is 16.5. The lowest BCUT2D eigenvalue weighted by Gasteiger charge is -2.22. The molecule has 168 valence electrons. The summed E-state index contributed by atoms with van der Waals surface area (Å²) in [5.41, 5.74) is 5.70. The van der Waals surface area contributed by atoms with Gasteiger partial charge in [0.05, 0.1) is 11.8 Å². The molecular weight excluding hydrogens is 414 g/mol. The Morgan fingerprint density at radius 3 is 2.61 bits per heavy atom. The molecule has 1 aliphatic heterocycles. The topological polar surface area (TPSA) is 65.4 Å². The Bertz CT molecular complexity index is 1140. The van der Waals surface area contributed by atoms with Crippen LogP contribution in [-0.2, 0) is 9.47 Å². The van der Waals surface area contributed by atoms with Crippen LogP contribution in [0, 0.1) is 11.8 Å². The van der Waals surface area contributed by atoms with Crippen molar-refractivity contribution in [3.05, 3.63) is 77.6 Å². The maximum absolute atomic E-state index is 12.2. The molecule has 0 spiro atoms. The minimum Gasteiger partial charge on any atom is -0.449 e. The molecule has 1 aromatic heterocycles. The number of amides is 1. The summed E-state index contributed by atoms with van der Waals surface area (Å²) in [6, 6.07) is 16.6. The molecule has 1 amide bonds. The number of hydrogen-bond acceptors (Lipinski definition) is 4. The van der Waals surface area contributed by atoms with Gasteiger partial charge in [-0.3, -0.25) is 0 Å². The van der Waals surface area contributed by atoms with E-state index in [2.05, 4.69) is 46.5 Å². The molecule has 0 saturated carbocycles. The second-order valence-corrected chi connectivity index (χ2v) is 8.33. The number of aromatic nitrogens is 2. The molecule has 6 nitrogen and oxygen atoms in total. The highest BCUT2D eigenvalue weighted by molar-refractivity contribution is 5.79. The van der Waals surface area contributed by atoms with E-state index in [1.54, 1.807) is 6.20 Å². The van der Waals surface area contributed by atoms with E-state index in [1.165, 1.54) is 22.3 Å². The molecule has 1 N–H and O–H groups in total. The number of rotatable bonds is 5. The maximum atomic E-state index is 12.2. The summed E-state index contributed by atoms with van der Waals surface area (Å²) < 4.78 is 13.1. The molecule has 3 aromatic rings. The van der Waals surface area contributed by atoms with E-state index < -0.39 is 6.09 Å². The molecule has 0 bridgehead atoms. The Morgan fingerprint density at radius 1 is 1.12 bits per heavy atom. The van der Waals surface area contributed by atoms with Gasteiger partial charge in [0, 0.05) is 31.7 Å². The van der Waals surface area contributed by atoms with Crippen LogP contribution in [0.1, 0.15) is 54.5 Å². The van der Waals surface area contributed by atoms with Gasteiger partial charge in [0.15, 0.2) is 0 Å². The zero-order valence-corrected chi connectivity index (χ0v) is 18.5. The molecule has 1 atom stereocenters. The first-order valence-electron chi connectivity index (χ1n) is 11.5. The lowest BCUT2D eigenvalue weighted by Crippen LogP contribution is -2.26. The normalized spacial score (nSPS) is 16.9. The van der Waals surface area contributed by atoms with Crippen molar-refractivity contribution in [1.82, 2.24) is 15.1 Å². The summed E-state index contributed by atoms with van der Waals surface area (Å²) >= 11 is 0. The number of carbonyl (C=O) groups is 1. The molecule has 0 unspecified atom stereocenters. The fourth-order valence-electron chi connectivity index (χ4n) is 4.53. The largest absolute Gasteiger partial charge is 0.449 e. The van der Waals surface area contributed by atoms with E-state index >= 15 is 0 Å². The Kier molecular flexibility index (Phi) is 6.41. The van der Waals surface area contributed by atoms with Gasteiger partial charge in [-0.2, -0.15) is 5.10 Å². The minimum absolute atomic E-state index is 0.0181. The van der Waals surface area contributed by atoms with Gasteiger partial charge in [-0.05, 0) is 41.5 Å². The van der Waals surface area contributed by atoms with Crippen molar-refractivity contribution >= 4 is 6.09 Å². The summed E-state index contributed by atoms with van der Waals surface area (Å²) in [6.07, 6.45) is 7.07. The van der Waals surface area contributed by atoms with Gasteiger partial charge in [0.2, 0.25) is 0 Å². The van der Waals surface area contributed by atoms with E-state index in [0.717, 1.165) is 31.4 Å². The van der Waals surface area contributed by atoms with Crippen LogP contribution in [0.25, 0.3) is 11.1 Å². The fourth-order valence-corrected chi connectivity index (χ4v) is 4.53. The highest BCUT2D eigenvalue weighted by Gasteiger charge is 2.28. The molecule has 2 aliphatic rings. The summed E-state index contributed by atoms with van der Waals surface area (Å²) in [5.74, 6) is 6.24. The van der Waals surface area contributed by atoms with Crippen molar-refractivity contribution < 1.29 is 14.3 Å². The summed E-state index contributed by atoms with van der Waals surface area (Å²) in [4.78, 5) is 12.2. The van der Waals surface area contributed by atoms with Crippen molar-refractivity contribution in [2.75, 3.05) is 19.8 Å². The molecule has 0 radical (unpaired) electrons. The quantitative estimate of drug-likeness (QED) is 0.454. The van der Waals surface area contributed by atoms with Gasteiger partial charge in [0.1, 0.15) is 12.8 Å². The first-order valence-corrected chi connectivity index (χ1v) is 11.5. The lowest BCUT2D eigenvalue weighted by atomic mass is 9.98. The minimum atomic E-state index is -0.416. The molecule has 5 rings (SSSR count). The third-order valence-electron chi connectivity index (χ3n) is 6.15. The van der Waals surface area contributed by atoms with Crippen molar-refractivity contribution in [2.45, 2.75) is 37.8 Å². The van der Waals surface area contributed by atoms with Crippen molar-refractivity contribution in [3.63, 3.8) is 0 Å². The van der Waals surface area contributed by atoms with Gasteiger partial charge < -0.3 is 14.8 Å². The van der Waals surface area contributed by atoms with Crippen LogP contribution in [0.4, 0.5) is 4.79 Å². The Balaban J connectivity index is 1.09. The van der Waals surface area contributed by atoms with Gasteiger partial charge in [-0.15, -0.1) is 0 Å². The molecule has 1 aliphatic carbocycles. The Hall–Kier alpha value is -3.56. The number of alkyl carbamates (subject to hydrolysis) is 1. The Morgan fingerprint density at radius 2 is 1.88 bits per heavy atom. The monoisotopic (exact) mass is 441 g/mol. The highest BCUT2D eigenvalue weighted by Crippen LogP contribution is 2.44. The van der Waals surface area contributed by atoms with Crippen LogP contribution in [0.5, 0.6) is 0 Å². The first-order chi connectivity index (χ1) is 16.3. The van der Waals surface area contributed by atoms with Crippen LogP contribution in [0.3, 0.4) is 0 Å². The standard InChI is InChI=1S/C27H27N3O3/c31-27(28-15-7-5-9-20-17-29-30(18-20)26-14-6-8-16-32-26)33-19-25-23-12-3-1-10-21(23)22-11-2-4-13-24(22)25/h1-4,10-13,17-18,25-26H,6-8,14-16,19H2,(H,28,31)/t26-/m0/s1. The first kappa shape index (κ1) is 21.3. The maximum Gasteiger partial charge on any atom is 0.407 e. The van der Waals surface area contributed by atoms with Gasteiger partial charge in [-0.25, -0.2) is 9.48 Å². The average molecular weight is 442 g/mol. The van der Waals surface area contributed by atoms with Crippen molar-refractivity contribution in [1.29, 1.82) is 0 Å². The van der Waals surface area contributed by atoms with E-state index in [-0.39, 0.29) is 12.1 Å². The van der Waals surface area contributed by atoms with E-state index in [1.807, 2.05) is 35.1 Å². The number of fused-ring (bicyclic) bond motifs is 3. The van der Waals surface area contributed by atoms with Gasteiger partial charge in [0.25, 0.3) is 0 Å². The summed E-state index contributed by atoms with van der Waals surface area (Å²) in [5, 5.41) is 7.15. The predicted octanol–water partition coefficient (Wildman–Crippen LogP) is 4.86. The number of hydrogen-bond donors (Lipinski definition) is 1. The van der Waals surface area contributed by atoms with E-state index in [4.69, 9.17) is 9.47 Å². The summed E-state index contributed by atoms with van der Waals surface area (Å²) in [7, 11) is 0. The number of nitrogens with one attached hydrogen (secondary N) is 1. The van der Waals surface area contributed by atoms with Crippen LogP contribution in [0.15, 0.2) is 60.9 Å². The lowest BCUT2D eigenvalue weighted by molar-refractivity contribution is -0.0395. The van der Waals surface area contributed by atoms with Gasteiger partial charge >= 0.3 is 6.09 Å². The third kappa shape index (κ3) is 4.79.